The fourth-order valence-electron chi connectivity index (χ4n) is 4.11. The van der Waals surface area contributed by atoms with Gasteiger partial charge in [-0.05, 0) is 50.9 Å². The van der Waals surface area contributed by atoms with Crippen molar-refractivity contribution in [3.05, 3.63) is 35.9 Å². The van der Waals surface area contributed by atoms with E-state index in [0.717, 1.165) is 58.7 Å². The maximum absolute atomic E-state index is 12.0. The van der Waals surface area contributed by atoms with Crippen molar-refractivity contribution in [1.82, 2.24) is 20.4 Å². The van der Waals surface area contributed by atoms with Crippen LogP contribution in [0.15, 0.2) is 30.3 Å². The number of nitrogens with one attached hydrogen (secondary N) is 2. The molecule has 0 spiro atoms. The minimum Gasteiger partial charge on any atom is -0.356 e. The monoisotopic (exact) mass is 358 g/mol. The first-order valence-electron chi connectivity index (χ1n) is 10.2. The Kier molecular flexibility index (Phi) is 7.47. The van der Waals surface area contributed by atoms with Gasteiger partial charge in [0.2, 0.25) is 5.91 Å². The van der Waals surface area contributed by atoms with Gasteiger partial charge >= 0.3 is 0 Å². The number of hydrogen-bond donors (Lipinski definition) is 2. The van der Waals surface area contributed by atoms with Crippen molar-refractivity contribution in [2.24, 2.45) is 5.92 Å². The molecule has 1 aromatic rings. The van der Waals surface area contributed by atoms with E-state index in [2.05, 4.69) is 57.8 Å². The summed E-state index contributed by atoms with van der Waals surface area (Å²) in [5.74, 6) is 0.910. The summed E-state index contributed by atoms with van der Waals surface area (Å²) in [5.41, 5.74) is 1.40. The van der Waals surface area contributed by atoms with Gasteiger partial charge in [-0.3, -0.25) is 9.69 Å². The predicted molar refractivity (Wildman–Crippen MR) is 106 cm³/mol. The van der Waals surface area contributed by atoms with Crippen LogP contribution in [0.3, 0.4) is 0 Å². The van der Waals surface area contributed by atoms with Crippen LogP contribution in [0.25, 0.3) is 0 Å². The van der Waals surface area contributed by atoms with E-state index in [1.165, 1.54) is 12.0 Å². The van der Waals surface area contributed by atoms with Gasteiger partial charge in [-0.1, -0.05) is 30.3 Å². The molecule has 2 atom stereocenters. The van der Waals surface area contributed by atoms with Crippen molar-refractivity contribution in [3.63, 3.8) is 0 Å². The number of likely N-dealkylation sites (N-methyl/N-ethyl adjacent to an activating group) is 1. The number of hydrogen-bond acceptors (Lipinski definition) is 4. The molecule has 0 bridgehead atoms. The number of carbonyl (C=O) groups is 1. The molecule has 1 amide bonds. The molecule has 0 radical (unpaired) electrons. The molecule has 2 unspecified atom stereocenters. The molecule has 1 aromatic carbocycles. The second-order valence-corrected chi connectivity index (χ2v) is 7.83. The highest BCUT2D eigenvalue weighted by molar-refractivity contribution is 5.75. The maximum Gasteiger partial charge on any atom is 0.220 e. The maximum atomic E-state index is 12.0. The van der Waals surface area contributed by atoms with Gasteiger partial charge in [0.15, 0.2) is 0 Å². The highest BCUT2D eigenvalue weighted by Crippen LogP contribution is 2.24. The smallest absolute Gasteiger partial charge is 0.220 e. The number of carbonyl (C=O) groups excluding carboxylic acids is 1. The zero-order valence-corrected chi connectivity index (χ0v) is 16.1. The van der Waals surface area contributed by atoms with Crippen LogP contribution < -0.4 is 10.6 Å². The van der Waals surface area contributed by atoms with Crippen LogP contribution in [0.5, 0.6) is 0 Å². The van der Waals surface area contributed by atoms with Gasteiger partial charge in [0.05, 0.1) is 0 Å². The topological polar surface area (TPSA) is 47.6 Å². The number of amides is 1. The average Bonchev–Trinajstić information content (AvgIpc) is 3.19. The first kappa shape index (κ1) is 19.3. The van der Waals surface area contributed by atoms with Crippen molar-refractivity contribution in [3.8, 4) is 0 Å². The fourth-order valence-corrected chi connectivity index (χ4v) is 4.11. The van der Waals surface area contributed by atoms with E-state index < -0.39 is 0 Å². The number of piperazine rings is 1. The highest BCUT2D eigenvalue weighted by Gasteiger charge is 2.25. The van der Waals surface area contributed by atoms with E-state index in [-0.39, 0.29) is 5.91 Å². The van der Waals surface area contributed by atoms with Gasteiger partial charge in [0, 0.05) is 45.2 Å². The summed E-state index contributed by atoms with van der Waals surface area (Å²) in [5, 5.41) is 6.48. The number of benzene rings is 1. The summed E-state index contributed by atoms with van der Waals surface area (Å²) >= 11 is 0. The standard InChI is InChI=1S/C21H34N4O/c1-24-14-15-25(20(17-24)19-6-3-2-4-7-19)13-5-11-23-21(26)9-8-18-10-12-22-16-18/h2-4,6-7,18,20,22H,5,8-17H2,1H3,(H,23,26). The summed E-state index contributed by atoms with van der Waals surface area (Å²) < 4.78 is 0. The minimum atomic E-state index is 0.217. The van der Waals surface area contributed by atoms with Crippen LogP contribution in [0.4, 0.5) is 0 Å². The van der Waals surface area contributed by atoms with Crippen molar-refractivity contribution < 1.29 is 4.79 Å². The van der Waals surface area contributed by atoms with E-state index in [1.807, 2.05) is 0 Å². The molecule has 26 heavy (non-hydrogen) atoms. The molecule has 2 fully saturated rings. The van der Waals surface area contributed by atoms with Crippen LogP contribution in [0.2, 0.25) is 0 Å². The Hall–Kier alpha value is -1.43. The summed E-state index contributed by atoms with van der Waals surface area (Å²) in [7, 11) is 2.20. The SMILES string of the molecule is CN1CCN(CCCNC(=O)CCC2CCNC2)C(c2ccccc2)C1. The molecule has 2 heterocycles. The molecule has 3 rings (SSSR count). The van der Waals surface area contributed by atoms with Crippen LogP contribution >= 0.6 is 0 Å². The molecular formula is C21H34N4O. The normalized spacial score (nSPS) is 24.7. The molecule has 144 valence electrons. The molecule has 2 N–H and O–H groups in total. The second-order valence-electron chi connectivity index (χ2n) is 7.83. The van der Waals surface area contributed by atoms with Crippen LogP contribution in [-0.2, 0) is 4.79 Å². The van der Waals surface area contributed by atoms with E-state index in [9.17, 15) is 4.79 Å². The van der Waals surface area contributed by atoms with Gasteiger partial charge in [0.25, 0.3) is 0 Å². The van der Waals surface area contributed by atoms with Gasteiger partial charge in [0.1, 0.15) is 0 Å². The Morgan fingerprint density at radius 3 is 2.88 bits per heavy atom. The van der Waals surface area contributed by atoms with Crippen molar-refractivity contribution in [2.45, 2.75) is 31.7 Å². The van der Waals surface area contributed by atoms with E-state index in [0.29, 0.717) is 18.4 Å². The predicted octanol–water partition coefficient (Wildman–Crippen LogP) is 1.87. The summed E-state index contributed by atoms with van der Waals surface area (Å²) in [4.78, 5) is 17.0. The lowest BCUT2D eigenvalue weighted by atomic mass is 10.0. The lowest BCUT2D eigenvalue weighted by Crippen LogP contribution is -2.47. The quantitative estimate of drug-likeness (QED) is 0.697. The molecule has 2 aliphatic heterocycles. The van der Waals surface area contributed by atoms with E-state index in [4.69, 9.17) is 0 Å². The third kappa shape index (κ3) is 5.79. The Morgan fingerprint density at radius 1 is 1.27 bits per heavy atom. The zero-order chi connectivity index (χ0) is 18.2. The molecular weight excluding hydrogens is 324 g/mol. The average molecular weight is 359 g/mol. The van der Waals surface area contributed by atoms with E-state index in [1.54, 1.807) is 0 Å². The Balaban J connectivity index is 1.37. The summed E-state index contributed by atoms with van der Waals surface area (Å²) in [6.45, 7) is 7.31. The van der Waals surface area contributed by atoms with Gasteiger partial charge < -0.3 is 15.5 Å². The fraction of sp³-hybridized carbons (Fsp3) is 0.667. The zero-order valence-electron chi connectivity index (χ0n) is 16.1. The Labute approximate surface area is 158 Å². The van der Waals surface area contributed by atoms with Crippen LogP contribution in [-0.4, -0.2) is 68.6 Å². The highest BCUT2D eigenvalue weighted by atomic mass is 16.1. The molecule has 5 heteroatoms. The molecule has 0 aliphatic carbocycles. The van der Waals surface area contributed by atoms with Gasteiger partial charge in [-0.25, -0.2) is 0 Å². The minimum absolute atomic E-state index is 0.217. The Morgan fingerprint density at radius 2 is 2.12 bits per heavy atom. The van der Waals surface area contributed by atoms with Crippen molar-refractivity contribution >= 4 is 5.91 Å². The Bertz CT molecular complexity index is 544. The molecule has 5 nitrogen and oxygen atoms in total. The lowest BCUT2D eigenvalue weighted by molar-refractivity contribution is -0.121. The third-order valence-corrected chi connectivity index (χ3v) is 5.76. The van der Waals surface area contributed by atoms with Crippen LogP contribution in [0, 0.1) is 5.92 Å². The largest absolute Gasteiger partial charge is 0.356 e. The third-order valence-electron chi connectivity index (χ3n) is 5.76. The first-order chi connectivity index (χ1) is 12.7. The van der Waals surface area contributed by atoms with Gasteiger partial charge in [-0.15, -0.1) is 0 Å². The molecule has 2 aliphatic rings. The lowest BCUT2D eigenvalue weighted by Gasteiger charge is -2.40. The molecule has 2 saturated heterocycles. The second kappa shape index (κ2) is 10.0. The number of nitrogens with zero attached hydrogens (tertiary/aromatic N) is 2. The molecule has 0 aromatic heterocycles. The summed E-state index contributed by atoms with van der Waals surface area (Å²) in [6, 6.07) is 11.3. The first-order valence-corrected chi connectivity index (χ1v) is 10.2. The van der Waals surface area contributed by atoms with E-state index >= 15 is 0 Å². The van der Waals surface area contributed by atoms with Gasteiger partial charge in [-0.2, -0.15) is 0 Å². The molecule has 0 saturated carbocycles. The number of rotatable bonds is 8. The summed E-state index contributed by atoms with van der Waals surface area (Å²) in [6.07, 6.45) is 3.93. The van der Waals surface area contributed by atoms with Crippen LogP contribution in [0.1, 0.15) is 37.3 Å². The van der Waals surface area contributed by atoms with Crippen molar-refractivity contribution in [1.29, 1.82) is 0 Å². The van der Waals surface area contributed by atoms with Crippen molar-refractivity contribution in [2.75, 3.05) is 52.9 Å².